The lowest BCUT2D eigenvalue weighted by molar-refractivity contribution is 0.481. The highest BCUT2D eigenvalue weighted by molar-refractivity contribution is 7.98. The van der Waals surface area contributed by atoms with Crippen LogP contribution in [0.15, 0.2) is 53.4 Å². The van der Waals surface area contributed by atoms with E-state index in [0.717, 1.165) is 24.5 Å². The van der Waals surface area contributed by atoms with Crippen LogP contribution in [0.2, 0.25) is 0 Å². The summed E-state index contributed by atoms with van der Waals surface area (Å²) in [5.41, 5.74) is 1.29. The summed E-state index contributed by atoms with van der Waals surface area (Å²) in [5, 5.41) is 3.49. The van der Waals surface area contributed by atoms with E-state index in [1.165, 1.54) is 10.5 Å². The Bertz CT molecular complexity index is 536. The summed E-state index contributed by atoms with van der Waals surface area (Å²) < 4.78 is 5.86. The highest BCUT2D eigenvalue weighted by Gasteiger charge is 2.04. The normalized spacial score (nSPS) is 12.1. The molecule has 0 aliphatic carbocycles. The first kappa shape index (κ1) is 15.9. The molecule has 1 N–H and O–H groups in total. The molecule has 3 heteroatoms. The van der Waals surface area contributed by atoms with E-state index in [0.29, 0.717) is 6.04 Å². The summed E-state index contributed by atoms with van der Waals surface area (Å²) in [4.78, 5) is 1.24. The third-order valence-electron chi connectivity index (χ3n) is 3.38. The van der Waals surface area contributed by atoms with E-state index >= 15 is 0 Å². The van der Waals surface area contributed by atoms with Gasteiger partial charge in [-0.2, -0.15) is 0 Å². The number of thioether (sulfide) groups is 1. The fraction of sp³-hybridized carbons (Fsp3) is 0.333. The van der Waals surface area contributed by atoms with E-state index in [-0.39, 0.29) is 0 Å². The molecule has 0 aromatic heterocycles. The second-order valence-corrected chi connectivity index (χ2v) is 5.90. The summed E-state index contributed by atoms with van der Waals surface area (Å²) in [7, 11) is 0. The Labute approximate surface area is 131 Å². The zero-order chi connectivity index (χ0) is 15.1. The van der Waals surface area contributed by atoms with E-state index in [4.69, 9.17) is 4.74 Å². The standard InChI is InChI=1S/C18H23NOS/c1-4-13-19-14(2)15-5-7-16(8-6-15)20-17-9-11-18(21-3)12-10-17/h5-12,14,19H,4,13H2,1-3H3. The molecule has 0 bridgehead atoms. The van der Waals surface area contributed by atoms with Crippen LogP contribution in [0.3, 0.4) is 0 Å². The molecule has 0 saturated carbocycles. The van der Waals surface area contributed by atoms with Crippen LogP contribution in [0.1, 0.15) is 31.9 Å². The summed E-state index contributed by atoms with van der Waals surface area (Å²) in [6.07, 6.45) is 3.22. The van der Waals surface area contributed by atoms with Crippen LogP contribution in [0.25, 0.3) is 0 Å². The zero-order valence-electron chi connectivity index (χ0n) is 12.9. The summed E-state index contributed by atoms with van der Waals surface area (Å²) >= 11 is 1.73. The minimum atomic E-state index is 0.375. The molecule has 2 nitrogen and oxygen atoms in total. The van der Waals surface area contributed by atoms with Crippen molar-refractivity contribution in [3.63, 3.8) is 0 Å². The van der Waals surface area contributed by atoms with Crippen molar-refractivity contribution in [3.05, 3.63) is 54.1 Å². The van der Waals surface area contributed by atoms with Gasteiger partial charge in [0, 0.05) is 10.9 Å². The van der Waals surface area contributed by atoms with Crippen LogP contribution in [-0.2, 0) is 0 Å². The molecule has 0 radical (unpaired) electrons. The van der Waals surface area contributed by atoms with Gasteiger partial charge in [-0.15, -0.1) is 11.8 Å². The summed E-state index contributed by atoms with van der Waals surface area (Å²) in [6.45, 7) is 5.41. The lowest BCUT2D eigenvalue weighted by Crippen LogP contribution is -2.19. The average molecular weight is 301 g/mol. The van der Waals surface area contributed by atoms with Crippen molar-refractivity contribution in [2.45, 2.75) is 31.2 Å². The fourth-order valence-electron chi connectivity index (χ4n) is 2.08. The third-order valence-corrected chi connectivity index (χ3v) is 4.12. The molecule has 0 aliphatic rings. The Morgan fingerprint density at radius 1 is 1.00 bits per heavy atom. The van der Waals surface area contributed by atoms with E-state index in [1.54, 1.807) is 11.8 Å². The predicted octanol–water partition coefficient (Wildman–Crippen LogP) is 5.26. The van der Waals surface area contributed by atoms with Gasteiger partial charge in [-0.25, -0.2) is 0 Å². The van der Waals surface area contributed by atoms with Gasteiger partial charge in [0.15, 0.2) is 0 Å². The maximum atomic E-state index is 5.86. The minimum absolute atomic E-state index is 0.375. The largest absolute Gasteiger partial charge is 0.457 e. The van der Waals surface area contributed by atoms with E-state index in [2.05, 4.69) is 49.7 Å². The molecule has 1 atom stereocenters. The van der Waals surface area contributed by atoms with Crippen molar-refractivity contribution in [2.24, 2.45) is 0 Å². The van der Waals surface area contributed by atoms with Crippen LogP contribution < -0.4 is 10.1 Å². The van der Waals surface area contributed by atoms with Gasteiger partial charge in [0.1, 0.15) is 11.5 Å². The monoisotopic (exact) mass is 301 g/mol. The molecular formula is C18H23NOS. The molecular weight excluding hydrogens is 278 g/mol. The van der Waals surface area contributed by atoms with Crippen LogP contribution in [-0.4, -0.2) is 12.8 Å². The van der Waals surface area contributed by atoms with Crippen LogP contribution in [0.4, 0.5) is 0 Å². The van der Waals surface area contributed by atoms with Crippen molar-refractivity contribution in [3.8, 4) is 11.5 Å². The Morgan fingerprint density at radius 2 is 1.57 bits per heavy atom. The van der Waals surface area contributed by atoms with Crippen LogP contribution in [0, 0.1) is 0 Å². The van der Waals surface area contributed by atoms with Crippen molar-refractivity contribution >= 4 is 11.8 Å². The van der Waals surface area contributed by atoms with Gasteiger partial charge >= 0.3 is 0 Å². The van der Waals surface area contributed by atoms with Crippen molar-refractivity contribution < 1.29 is 4.74 Å². The lowest BCUT2D eigenvalue weighted by atomic mass is 10.1. The second-order valence-electron chi connectivity index (χ2n) is 5.02. The Balaban J connectivity index is 1.98. The number of hydrogen-bond acceptors (Lipinski definition) is 3. The number of benzene rings is 2. The molecule has 0 fully saturated rings. The molecule has 2 aromatic rings. The van der Waals surface area contributed by atoms with Crippen LogP contribution in [0.5, 0.6) is 11.5 Å². The van der Waals surface area contributed by atoms with Gasteiger partial charge in [-0.05, 0) is 68.1 Å². The number of rotatable bonds is 7. The zero-order valence-corrected chi connectivity index (χ0v) is 13.7. The maximum Gasteiger partial charge on any atom is 0.127 e. The van der Waals surface area contributed by atoms with Crippen molar-refractivity contribution in [1.82, 2.24) is 5.32 Å². The van der Waals surface area contributed by atoms with E-state index in [1.807, 2.05) is 24.3 Å². The Hall–Kier alpha value is -1.45. The molecule has 0 amide bonds. The summed E-state index contributed by atoms with van der Waals surface area (Å²) in [6, 6.07) is 16.8. The fourth-order valence-corrected chi connectivity index (χ4v) is 2.49. The van der Waals surface area contributed by atoms with Crippen molar-refractivity contribution in [1.29, 1.82) is 0 Å². The second kappa shape index (κ2) is 8.11. The number of ether oxygens (including phenoxy) is 1. The topological polar surface area (TPSA) is 21.3 Å². The molecule has 21 heavy (non-hydrogen) atoms. The quantitative estimate of drug-likeness (QED) is 0.705. The van der Waals surface area contributed by atoms with Gasteiger partial charge in [-0.1, -0.05) is 19.1 Å². The SMILES string of the molecule is CCCNC(C)c1ccc(Oc2ccc(SC)cc2)cc1. The maximum absolute atomic E-state index is 5.86. The van der Waals surface area contributed by atoms with Gasteiger partial charge in [0.25, 0.3) is 0 Å². The number of hydrogen-bond donors (Lipinski definition) is 1. The smallest absolute Gasteiger partial charge is 0.127 e. The highest BCUT2D eigenvalue weighted by Crippen LogP contribution is 2.25. The molecule has 2 rings (SSSR count). The predicted molar refractivity (Wildman–Crippen MR) is 91.4 cm³/mol. The average Bonchev–Trinajstić information content (AvgIpc) is 2.54. The molecule has 0 spiro atoms. The van der Waals surface area contributed by atoms with Gasteiger partial charge < -0.3 is 10.1 Å². The third kappa shape index (κ3) is 4.80. The molecule has 0 heterocycles. The molecule has 112 valence electrons. The molecule has 0 aliphatic heterocycles. The van der Waals surface area contributed by atoms with Gasteiger partial charge in [-0.3, -0.25) is 0 Å². The molecule has 2 aromatic carbocycles. The highest BCUT2D eigenvalue weighted by atomic mass is 32.2. The Morgan fingerprint density at radius 3 is 2.10 bits per heavy atom. The lowest BCUT2D eigenvalue weighted by Gasteiger charge is -2.14. The van der Waals surface area contributed by atoms with Crippen molar-refractivity contribution in [2.75, 3.05) is 12.8 Å². The molecule has 1 unspecified atom stereocenters. The van der Waals surface area contributed by atoms with Gasteiger partial charge in [0.2, 0.25) is 0 Å². The Kier molecular flexibility index (Phi) is 6.15. The van der Waals surface area contributed by atoms with Gasteiger partial charge in [0.05, 0.1) is 0 Å². The van der Waals surface area contributed by atoms with Crippen LogP contribution >= 0.6 is 11.8 Å². The van der Waals surface area contributed by atoms with E-state index < -0.39 is 0 Å². The number of nitrogens with one attached hydrogen (secondary N) is 1. The molecule has 0 saturated heterocycles. The first-order chi connectivity index (χ1) is 10.2. The van der Waals surface area contributed by atoms with E-state index in [9.17, 15) is 0 Å². The first-order valence-electron chi connectivity index (χ1n) is 7.38. The summed E-state index contributed by atoms with van der Waals surface area (Å²) in [5.74, 6) is 1.75. The minimum Gasteiger partial charge on any atom is -0.457 e. The first-order valence-corrected chi connectivity index (χ1v) is 8.60.